The lowest BCUT2D eigenvalue weighted by Gasteiger charge is -2.34. The third-order valence-corrected chi connectivity index (χ3v) is 6.35. The summed E-state index contributed by atoms with van der Waals surface area (Å²) in [6.45, 7) is 2.34. The second-order valence-electron chi connectivity index (χ2n) is 5.04. The Bertz CT molecular complexity index is 502. The highest BCUT2D eigenvalue weighted by atomic mass is 32.2. The van der Waals surface area contributed by atoms with E-state index in [4.69, 9.17) is 0 Å². The molecular weight excluding hydrogens is 296 g/mol. The predicted molar refractivity (Wildman–Crippen MR) is 80.8 cm³/mol. The molecule has 0 amide bonds. The molecular formula is C13H22N2O3S2. The molecule has 2 rings (SSSR count). The van der Waals surface area contributed by atoms with Gasteiger partial charge >= 0.3 is 0 Å². The maximum Gasteiger partial charge on any atom is 0.280 e. The molecule has 0 saturated carbocycles. The Morgan fingerprint density at radius 3 is 2.95 bits per heavy atom. The third kappa shape index (κ3) is 3.59. The highest BCUT2D eigenvalue weighted by Crippen LogP contribution is 2.25. The Morgan fingerprint density at radius 2 is 2.35 bits per heavy atom. The first-order chi connectivity index (χ1) is 9.58. The smallest absolute Gasteiger partial charge is 0.280 e. The molecule has 2 heterocycles. The van der Waals surface area contributed by atoms with E-state index in [1.807, 2.05) is 24.4 Å². The van der Waals surface area contributed by atoms with E-state index < -0.39 is 10.2 Å². The van der Waals surface area contributed by atoms with Crippen LogP contribution in [0.2, 0.25) is 0 Å². The van der Waals surface area contributed by atoms with Crippen molar-refractivity contribution in [3.05, 3.63) is 22.4 Å². The first kappa shape index (κ1) is 15.9. The van der Waals surface area contributed by atoms with E-state index in [0.717, 1.165) is 24.1 Å². The summed E-state index contributed by atoms with van der Waals surface area (Å²) in [5.74, 6) is 0. The third-order valence-electron chi connectivity index (χ3n) is 3.68. The summed E-state index contributed by atoms with van der Waals surface area (Å²) in [5, 5.41) is 11.3. The molecule has 0 aliphatic carbocycles. The largest absolute Gasteiger partial charge is 0.395 e. The van der Waals surface area contributed by atoms with Crippen LogP contribution in [-0.4, -0.2) is 37.0 Å². The van der Waals surface area contributed by atoms with Gasteiger partial charge in [-0.25, -0.2) is 0 Å². The molecule has 114 valence electrons. The monoisotopic (exact) mass is 318 g/mol. The van der Waals surface area contributed by atoms with Crippen molar-refractivity contribution in [3.8, 4) is 0 Å². The van der Waals surface area contributed by atoms with Crippen LogP contribution < -0.4 is 4.72 Å². The summed E-state index contributed by atoms with van der Waals surface area (Å²) < 4.78 is 29.3. The van der Waals surface area contributed by atoms with Gasteiger partial charge in [0.15, 0.2) is 0 Å². The minimum Gasteiger partial charge on any atom is -0.395 e. The van der Waals surface area contributed by atoms with E-state index in [-0.39, 0.29) is 18.7 Å². The van der Waals surface area contributed by atoms with Crippen LogP contribution in [-0.2, 0) is 10.2 Å². The van der Waals surface area contributed by atoms with Gasteiger partial charge in [-0.2, -0.15) is 17.4 Å². The molecule has 5 nitrogen and oxygen atoms in total. The van der Waals surface area contributed by atoms with Crippen molar-refractivity contribution in [3.63, 3.8) is 0 Å². The number of rotatable bonds is 6. The van der Waals surface area contributed by atoms with Crippen molar-refractivity contribution in [2.24, 2.45) is 0 Å². The van der Waals surface area contributed by atoms with Gasteiger partial charge in [0.25, 0.3) is 10.2 Å². The van der Waals surface area contributed by atoms with Crippen LogP contribution in [0.15, 0.2) is 17.5 Å². The maximum absolute atomic E-state index is 12.5. The molecule has 1 fully saturated rings. The van der Waals surface area contributed by atoms with E-state index in [9.17, 15) is 13.5 Å². The van der Waals surface area contributed by atoms with Crippen LogP contribution >= 0.6 is 11.3 Å². The number of piperidine rings is 1. The van der Waals surface area contributed by atoms with Gasteiger partial charge in [0.1, 0.15) is 0 Å². The zero-order chi connectivity index (χ0) is 14.6. The van der Waals surface area contributed by atoms with E-state index in [2.05, 4.69) is 4.72 Å². The van der Waals surface area contributed by atoms with Crippen LogP contribution in [0.1, 0.15) is 43.5 Å². The van der Waals surface area contributed by atoms with Gasteiger partial charge in [0.05, 0.1) is 12.6 Å². The van der Waals surface area contributed by atoms with Gasteiger partial charge in [-0.15, -0.1) is 11.3 Å². The van der Waals surface area contributed by atoms with Gasteiger partial charge in [-0.05, 0) is 30.7 Å². The fraction of sp³-hybridized carbons (Fsp3) is 0.692. The van der Waals surface area contributed by atoms with E-state index >= 15 is 0 Å². The Hall–Kier alpha value is -0.470. The molecule has 20 heavy (non-hydrogen) atoms. The summed E-state index contributed by atoms with van der Waals surface area (Å²) in [5.41, 5.74) is 0. The first-order valence-corrected chi connectivity index (χ1v) is 9.33. The van der Waals surface area contributed by atoms with Gasteiger partial charge in [-0.1, -0.05) is 19.4 Å². The highest BCUT2D eigenvalue weighted by molar-refractivity contribution is 7.87. The normalized spacial score (nSPS) is 22.8. The van der Waals surface area contributed by atoms with Crippen molar-refractivity contribution >= 4 is 21.5 Å². The van der Waals surface area contributed by atoms with Crippen LogP contribution in [0.4, 0.5) is 0 Å². The fourth-order valence-electron chi connectivity index (χ4n) is 2.55. The van der Waals surface area contributed by atoms with E-state index in [0.29, 0.717) is 13.0 Å². The van der Waals surface area contributed by atoms with Gasteiger partial charge in [0, 0.05) is 17.5 Å². The molecule has 1 aliphatic heterocycles. The summed E-state index contributed by atoms with van der Waals surface area (Å²) in [6, 6.07) is 3.39. The minimum absolute atomic E-state index is 0.114. The number of nitrogens with one attached hydrogen (secondary N) is 1. The summed E-state index contributed by atoms with van der Waals surface area (Å²) in [7, 11) is -3.55. The molecule has 0 radical (unpaired) electrons. The molecule has 1 aliphatic rings. The highest BCUT2D eigenvalue weighted by Gasteiger charge is 2.33. The molecule has 0 spiro atoms. The van der Waals surface area contributed by atoms with Crippen molar-refractivity contribution in [2.75, 3.05) is 13.2 Å². The van der Waals surface area contributed by atoms with Crippen molar-refractivity contribution in [1.82, 2.24) is 9.03 Å². The summed E-state index contributed by atoms with van der Waals surface area (Å²) in [4.78, 5) is 1.02. The lowest BCUT2D eigenvalue weighted by atomic mass is 10.1. The number of aliphatic hydroxyl groups excluding tert-OH is 1. The Balaban J connectivity index is 2.13. The second kappa shape index (κ2) is 7.00. The minimum atomic E-state index is -3.55. The van der Waals surface area contributed by atoms with Crippen LogP contribution in [0.5, 0.6) is 0 Å². The molecule has 1 aromatic rings. The zero-order valence-electron chi connectivity index (χ0n) is 11.7. The average molecular weight is 318 g/mol. The SMILES string of the molecule is CCC(NS(=O)(=O)N1CCCCC1CO)c1cccs1. The van der Waals surface area contributed by atoms with E-state index in [1.54, 1.807) is 11.3 Å². The van der Waals surface area contributed by atoms with Crippen LogP contribution in [0, 0.1) is 0 Å². The molecule has 0 aromatic carbocycles. The second-order valence-corrected chi connectivity index (χ2v) is 7.68. The number of thiophene rings is 1. The topological polar surface area (TPSA) is 69.6 Å². The first-order valence-electron chi connectivity index (χ1n) is 7.02. The fourth-order valence-corrected chi connectivity index (χ4v) is 5.21. The molecule has 2 unspecified atom stereocenters. The molecule has 2 atom stereocenters. The van der Waals surface area contributed by atoms with Crippen LogP contribution in [0.3, 0.4) is 0 Å². The van der Waals surface area contributed by atoms with E-state index in [1.165, 1.54) is 4.31 Å². The van der Waals surface area contributed by atoms with Gasteiger partial charge < -0.3 is 5.11 Å². The Labute approximate surface area is 124 Å². The number of hydrogen-bond donors (Lipinski definition) is 2. The molecule has 7 heteroatoms. The average Bonchev–Trinajstić information content (AvgIpc) is 2.98. The number of nitrogens with zero attached hydrogens (tertiary/aromatic N) is 1. The van der Waals surface area contributed by atoms with Crippen LogP contribution in [0.25, 0.3) is 0 Å². The van der Waals surface area contributed by atoms with Crippen molar-refractivity contribution in [2.45, 2.75) is 44.7 Å². The Kier molecular flexibility index (Phi) is 5.57. The molecule has 0 bridgehead atoms. The van der Waals surface area contributed by atoms with Crippen molar-refractivity contribution < 1.29 is 13.5 Å². The zero-order valence-corrected chi connectivity index (χ0v) is 13.3. The van der Waals surface area contributed by atoms with Gasteiger partial charge in [-0.3, -0.25) is 0 Å². The summed E-state index contributed by atoms with van der Waals surface area (Å²) in [6.07, 6.45) is 3.26. The molecule has 2 N–H and O–H groups in total. The molecule has 1 aromatic heterocycles. The van der Waals surface area contributed by atoms with Gasteiger partial charge in [0.2, 0.25) is 0 Å². The lowest BCUT2D eigenvalue weighted by molar-refractivity contribution is 0.153. The summed E-state index contributed by atoms with van der Waals surface area (Å²) >= 11 is 1.55. The number of hydrogen-bond acceptors (Lipinski definition) is 4. The van der Waals surface area contributed by atoms with Crippen molar-refractivity contribution in [1.29, 1.82) is 0 Å². The predicted octanol–water partition coefficient (Wildman–Crippen LogP) is 1.88. The lowest BCUT2D eigenvalue weighted by Crippen LogP contribution is -2.51. The number of aliphatic hydroxyl groups is 1. The Morgan fingerprint density at radius 1 is 1.55 bits per heavy atom. The molecule has 1 saturated heterocycles. The standard InChI is InChI=1S/C13H22N2O3S2/c1-2-12(13-7-5-9-19-13)14-20(17,18)15-8-4-3-6-11(15)10-16/h5,7,9,11-12,14,16H,2-4,6,8,10H2,1H3. The maximum atomic E-state index is 12.5. The quantitative estimate of drug-likeness (QED) is 0.841.